The average Bonchev–Trinajstić information content (AvgIpc) is 3.06. The Morgan fingerprint density at radius 2 is 1.79 bits per heavy atom. The second kappa shape index (κ2) is 10.4. The van der Waals surface area contributed by atoms with Gasteiger partial charge in [-0.05, 0) is 63.1 Å². The molecule has 0 spiro atoms. The van der Waals surface area contributed by atoms with Crippen LogP contribution in [0.4, 0.5) is 11.4 Å². The van der Waals surface area contributed by atoms with Gasteiger partial charge in [0.25, 0.3) is 0 Å². The molecule has 5 nitrogen and oxygen atoms in total. The number of aryl methyl sites for hydroxylation is 2. The SMILES string of the molecule is CCN(c1cc(-c2c(C)nn(COCC[Si](C)(C)C)c2C)ccc1C)c1ccccc1C#N. The predicted octanol–water partition coefficient (Wildman–Crippen LogP) is 6.82. The predicted molar refractivity (Wildman–Crippen MR) is 140 cm³/mol. The number of hydrogen-bond donors (Lipinski definition) is 0. The van der Waals surface area contributed by atoms with Crippen molar-refractivity contribution in [3.05, 3.63) is 65.0 Å². The van der Waals surface area contributed by atoms with Crippen LogP contribution in [0.1, 0.15) is 29.4 Å². The van der Waals surface area contributed by atoms with Crippen molar-refractivity contribution >= 4 is 19.4 Å². The Morgan fingerprint density at radius 1 is 1.06 bits per heavy atom. The third kappa shape index (κ3) is 5.73. The zero-order valence-corrected chi connectivity index (χ0v) is 22.1. The Bertz CT molecular complexity index is 1150. The number of ether oxygens (including phenoxy) is 1. The number of aromatic nitrogens is 2. The number of benzene rings is 2. The molecule has 0 fully saturated rings. The van der Waals surface area contributed by atoms with Crippen LogP contribution in [-0.2, 0) is 11.5 Å². The standard InChI is InChI=1S/C27H36N4OSi/c1-8-30(25-12-10-9-11-24(25)18-28)26-17-23(14-13-20(26)2)27-21(3)29-31(22(27)4)19-32-15-16-33(5,6)7/h9-14,17H,8,15-16,19H2,1-7H3. The molecule has 0 radical (unpaired) electrons. The molecule has 0 bridgehead atoms. The van der Waals surface area contributed by atoms with Gasteiger partial charge in [-0.3, -0.25) is 0 Å². The lowest BCUT2D eigenvalue weighted by Gasteiger charge is -2.26. The van der Waals surface area contributed by atoms with Crippen LogP contribution in [0, 0.1) is 32.1 Å². The average molecular weight is 461 g/mol. The van der Waals surface area contributed by atoms with Gasteiger partial charge in [-0.1, -0.05) is 43.9 Å². The van der Waals surface area contributed by atoms with E-state index in [-0.39, 0.29) is 0 Å². The van der Waals surface area contributed by atoms with Crippen molar-refractivity contribution < 1.29 is 4.74 Å². The molecule has 3 rings (SSSR count). The zero-order chi connectivity index (χ0) is 24.2. The van der Waals surface area contributed by atoms with Crippen molar-refractivity contribution in [2.45, 2.75) is 60.1 Å². The summed E-state index contributed by atoms with van der Waals surface area (Å²) in [7, 11) is -1.11. The van der Waals surface area contributed by atoms with E-state index in [1.54, 1.807) is 0 Å². The van der Waals surface area contributed by atoms with E-state index in [4.69, 9.17) is 9.84 Å². The normalized spacial score (nSPS) is 11.5. The van der Waals surface area contributed by atoms with E-state index in [1.165, 1.54) is 5.56 Å². The van der Waals surface area contributed by atoms with Crippen LogP contribution < -0.4 is 4.90 Å². The molecule has 1 heterocycles. The molecule has 174 valence electrons. The second-order valence-corrected chi connectivity index (χ2v) is 15.4. The highest BCUT2D eigenvalue weighted by Gasteiger charge is 2.19. The van der Waals surface area contributed by atoms with Gasteiger partial charge in [0.05, 0.1) is 16.9 Å². The maximum Gasteiger partial charge on any atom is 0.139 e. The van der Waals surface area contributed by atoms with E-state index in [0.29, 0.717) is 12.3 Å². The number of rotatable bonds is 9. The van der Waals surface area contributed by atoms with Crippen LogP contribution in [0.5, 0.6) is 0 Å². The molecule has 2 aromatic carbocycles. The van der Waals surface area contributed by atoms with Gasteiger partial charge in [-0.15, -0.1) is 0 Å². The van der Waals surface area contributed by atoms with Crippen LogP contribution >= 0.6 is 0 Å². The monoisotopic (exact) mass is 460 g/mol. The maximum atomic E-state index is 9.62. The Balaban J connectivity index is 1.93. The van der Waals surface area contributed by atoms with Gasteiger partial charge in [0, 0.05) is 38.2 Å². The van der Waals surface area contributed by atoms with Crippen molar-refractivity contribution in [3.8, 4) is 17.2 Å². The second-order valence-electron chi connectivity index (χ2n) is 9.77. The Kier molecular flexibility index (Phi) is 7.78. The lowest BCUT2D eigenvalue weighted by molar-refractivity contribution is 0.0770. The molecule has 0 saturated carbocycles. The molecule has 3 aromatic rings. The van der Waals surface area contributed by atoms with Crippen molar-refractivity contribution in [2.75, 3.05) is 18.1 Å². The third-order valence-electron chi connectivity index (χ3n) is 6.01. The quantitative estimate of drug-likeness (QED) is 0.260. The first-order valence-electron chi connectivity index (χ1n) is 11.7. The summed E-state index contributed by atoms with van der Waals surface area (Å²) in [6.07, 6.45) is 0. The lowest BCUT2D eigenvalue weighted by Crippen LogP contribution is -2.22. The van der Waals surface area contributed by atoms with Crippen LogP contribution in [0.15, 0.2) is 42.5 Å². The number of hydrogen-bond acceptors (Lipinski definition) is 4. The highest BCUT2D eigenvalue weighted by molar-refractivity contribution is 6.76. The number of para-hydroxylation sites is 1. The minimum atomic E-state index is -1.11. The molecule has 0 amide bonds. The molecule has 0 unspecified atom stereocenters. The Morgan fingerprint density at radius 3 is 2.45 bits per heavy atom. The number of nitrogens with zero attached hydrogens (tertiary/aromatic N) is 4. The topological polar surface area (TPSA) is 54.1 Å². The lowest BCUT2D eigenvalue weighted by atomic mass is 10.00. The molecule has 0 N–H and O–H groups in total. The van der Waals surface area contributed by atoms with Crippen LogP contribution in [0.25, 0.3) is 11.1 Å². The van der Waals surface area contributed by atoms with Gasteiger partial charge in [-0.2, -0.15) is 10.4 Å². The summed E-state index contributed by atoms with van der Waals surface area (Å²) in [5, 5.41) is 14.4. The summed E-state index contributed by atoms with van der Waals surface area (Å²) in [5.74, 6) is 0. The van der Waals surface area contributed by atoms with Gasteiger partial charge in [0.15, 0.2) is 0 Å². The van der Waals surface area contributed by atoms with Gasteiger partial charge in [0.2, 0.25) is 0 Å². The van der Waals surface area contributed by atoms with Gasteiger partial charge in [-0.25, -0.2) is 4.68 Å². The van der Waals surface area contributed by atoms with Crippen molar-refractivity contribution in [1.82, 2.24) is 9.78 Å². The van der Waals surface area contributed by atoms with Gasteiger partial charge < -0.3 is 9.64 Å². The molecule has 0 aliphatic heterocycles. The third-order valence-corrected chi connectivity index (χ3v) is 7.72. The Hall–Kier alpha value is -2.88. The highest BCUT2D eigenvalue weighted by atomic mass is 28.3. The fourth-order valence-electron chi connectivity index (χ4n) is 4.10. The minimum Gasteiger partial charge on any atom is -0.360 e. The minimum absolute atomic E-state index is 0.479. The summed E-state index contributed by atoms with van der Waals surface area (Å²) >= 11 is 0. The molecule has 0 aliphatic carbocycles. The highest BCUT2D eigenvalue weighted by Crippen LogP contribution is 2.36. The van der Waals surface area contributed by atoms with Gasteiger partial charge in [0.1, 0.15) is 12.8 Å². The van der Waals surface area contributed by atoms with Crippen LogP contribution in [-0.4, -0.2) is 31.0 Å². The smallest absolute Gasteiger partial charge is 0.139 e. The number of nitriles is 1. The van der Waals surface area contributed by atoms with Gasteiger partial charge >= 0.3 is 0 Å². The fourth-order valence-corrected chi connectivity index (χ4v) is 4.86. The largest absolute Gasteiger partial charge is 0.360 e. The summed E-state index contributed by atoms with van der Waals surface area (Å²) in [6.45, 7) is 17.5. The molecule has 33 heavy (non-hydrogen) atoms. The van der Waals surface area contributed by atoms with Crippen LogP contribution in [0.2, 0.25) is 25.7 Å². The summed E-state index contributed by atoms with van der Waals surface area (Å²) in [6, 6.07) is 17.8. The summed E-state index contributed by atoms with van der Waals surface area (Å²) in [5.41, 5.74) is 8.28. The summed E-state index contributed by atoms with van der Waals surface area (Å²) < 4.78 is 7.93. The molecule has 0 saturated heterocycles. The first-order chi connectivity index (χ1) is 15.7. The molecule has 6 heteroatoms. The number of anilines is 2. The van der Waals surface area contributed by atoms with E-state index in [0.717, 1.165) is 53.1 Å². The molecular formula is C27H36N4OSi. The fraction of sp³-hybridized carbons (Fsp3) is 0.407. The first-order valence-corrected chi connectivity index (χ1v) is 15.4. The van der Waals surface area contributed by atoms with E-state index < -0.39 is 8.07 Å². The Labute approximate surface area is 199 Å². The van der Waals surface area contributed by atoms with Crippen molar-refractivity contribution in [1.29, 1.82) is 5.26 Å². The maximum absolute atomic E-state index is 9.62. The van der Waals surface area contributed by atoms with Crippen molar-refractivity contribution in [3.63, 3.8) is 0 Å². The summed E-state index contributed by atoms with van der Waals surface area (Å²) in [4.78, 5) is 2.21. The van der Waals surface area contributed by atoms with E-state index >= 15 is 0 Å². The first kappa shape index (κ1) is 24.8. The molecule has 0 aliphatic rings. The molecular weight excluding hydrogens is 424 g/mol. The van der Waals surface area contributed by atoms with E-state index in [9.17, 15) is 5.26 Å². The molecule has 0 atom stereocenters. The van der Waals surface area contributed by atoms with E-state index in [2.05, 4.69) is 76.5 Å². The van der Waals surface area contributed by atoms with E-state index in [1.807, 2.05) is 28.9 Å². The van der Waals surface area contributed by atoms with Crippen molar-refractivity contribution in [2.24, 2.45) is 0 Å². The zero-order valence-electron chi connectivity index (χ0n) is 21.1. The molecule has 1 aromatic heterocycles. The van der Waals surface area contributed by atoms with Crippen LogP contribution in [0.3, 0.4) is 0 Å².